The third kappa shape index (κ3) is 20.2. The van der Waals surface area contributed by atoms with Gasteiger partial charge in [0.15, 0.2) is 0 Å². The van der Waals surface area contributed by atoms with Gasteiger partial charge in [0, 0.05) is 19.5 Å². The Labute approximate surface area is 392 Å². The maximum absolute atomic E-state index is 13.4. The number of amides is 10. The van der Waals surface area contributed by atoms with Gasteiger partial charge in [0.1, 0.15) is 42.3 Å². The third-order valence-electron chi connectivity index (χ3n) is 10.9. The van der Waals surface area contributed by atoms with Crippen LogP contribution in [0.15, 0.2) is 0 Å². The van der Waals surface area contributed by atoms with Gasteiger partial charge in [0.05, 0.1) is 31.7 Å². The molecule has 0 spiro atoms. The fourth-order valence-corrected chi connectivity index (χ4v) is 7.20. The highest BCUT2D eigenvalue weighted by molar-refractivity contribution is 5.98. The van der Waals surface area contributed by atoms with Crippen LogP contribution in [0.5, 0.6) is 0 Å². The standard InChI is InChI=1S/C41H68N12O15/c1-20(2)14-27(38(64)47-21(3)34(60)46-19-32(57)53-13-7-9-29(53)40(66)50-25(41(67)68)8-5-6-12-42)51-35(61)22(4)48-39(65)28(16-33(58)59)52-37(63)24(10-11-30(43)55)49-31(56)18-45-36(62)26-15-23(54)17-44-26/h20-29,44,54H,5-19,42H2,1-4H3,(H2,43,55)(H,45,62)(H,46,60)(H,47,64)(H,48,65)(H,49,56)(H,50,66)(H,51,61)(H,52,63)(H,58,59)(H,67,68)/t21-,22?,23+,24-,25-,26-,27-,28-,29-/m0/s1. The van der Waals surface area contributed by atoms with Crippen LogP contribution in [0, 0.1) is 5.92 Å². The lowest BCUT2D eigenvalue weighted by molar-refractivity contribution is -0.144. The number of nitrogens with one attached hydrogen (secondary N) is 9. The van der Waals surface area contributed by atoms with Crippen LogP contribution in [0.1, 0.15) is 91.9 Å². The molecular formula is C41H68N12O15. The van der Waals surface area contributed by atoms with E-state index < -0.39 is 151 Å². The van der Waals surface area contributed by atoms with Gasteiger partial charge in [-0.3, -0.25) is 52.7 Å². The quantitative estimate of drug-likeness (QED) is 0.0310. The van der Waals surface area contributed by atoms with Crippen LogP contribution < -0.4 is 59.3 Å². The summed E-state index contributed by atoms with van der Waals surface area (Å²) in [6.07, 6.45) is -0.499. The lowest BCUT2D eigenvalue weighted by Gasteiger charge is -2.26. The molecule has 0 radical (unpaired) electrons. The molecule has 9 atom stereocenters. The minimum atomic E-state index is -1.84. The summed E-state index contributed by atoms with van der Waals surface area (Å²) in [5, 5.41) is 50.4. The van der Waals surface area contributed by atoms with E-state index in [2.05, 4.69) is 47.9 Å². The average molecular weight is 969 g/mol. The maximum atomic E-state index is 13.4. The molecule has 2 heterocycles. The topological polar surface area (TPSA) is 429 Å². The first kappa shape index (κ1) is 57.6. The molecule has 16 N–H and O–H groups in total. The molecule has 382 valence electrons. The second-order valence-electron chi connectivity index (χ2n) is 17.2. The number of β-amino-alcohol motifs (C(OH)–C–C–N with tert-alkyl or cyclic N) is 1. The maximum Gasteiger partial charge on any atom is 0.326 e. The van der Waals surface area contributed by atoms with E-state index in [9.17, 15) is 72.9 Å². The lowest BCUT2D eigenvalue weighted by Crippen LogP contribution is -2.59. The molecular weight excluding hydrogens is 901 g/mol. The number of carboxylic acid groups (broad SMARTS) is 2. The van der Waals surface area contributed by atoms with E-state index in [0.29, 0.717) is 25.8 Å². The van der Waals surface area contributed by atoms with Gasteiger partial charge in [-0.05, 0) is 77.7 Å². The van der Waals surface area contributed by atoms with Crippen LogP contribution >= 0.6 is 0 Å². The molecule has 0 aromatic rings. The number of aliphatic hydroxyl groups is 1. The van der Waals surface area contributed by atoms with Gasteiger partial charge < -0.3 is 79.5 Å². The van der Waals surface area contributed by atoms with E-state index in [-0.39, 0.29) is 51.1 Å². The van der Waals surface area contributed by atoms with Crippen LogP contribution in [-0.4, -0.2) is 178 Å². The first-order valence-electron chi connectivity index (χ1n) is 22.4. The van der Waals surface area contributed by atoms with Gasteiger partial charge in [0.2, 0.25) is 59.1 Å². The van der Waals surface area contributed by atoms with E-state index in [1.54, 1.807) is 13.8 Å². The van der Waals surface area contributed by atoms with Crippen molar-refractivity contribution in [2.24, 2.45) is 17.4 Å². The van der Waals surface area contributed by atoms with Gasteiger partial charge in [-0.25, -0.2) is 4.79 Å². The van der Waals surface area contributed by atoms with Crippen LogP contribution in [-0.2, 0) is 57.5 Å². The molecule has 27 heteroatoms. The number of likely N-dealkylation sites (tertiary alicyclic amines) is 1. The second kappa shape index (κ2) is 28.6. The van der Waals surface area contributed by atoms with Gasteiger partial charge >= 0.3 is 11.9 Å². The Morgan fingerprint density at radius 3 is 1.88 bits per heavy atom. The minimum absolute atomic E-state index is 0.0413. The number of primary amides is 1. The van der Waals surface area contributed by atoms with E-state index in [0.717, 1.165) is 0 Å². The molecule has 27 nitrogen and oxygen atoms in total. The van der Waals surface area contributed by atoms with Crippen LogP contribution in [0.25, 0.3) is 0 Å². The number of aliphatic hydroxyl groups excluding tert-OH is 1. The van der Waals surface area contributed by atoms with Crippen molar-refractivity contribution in [2.75, 3.05) is 32.7 Å². The van der Waals surface area contributed by atoms with Crippen molar-refractivity contribution in [3.63, 3.8) is 0 Å². The monoisotopic (exact) mass is 968 g/mol. The lowest BCUT2D eigenvalue weighted by atomic mass is 10.0. The molecule has 0 aromatic carbocycles. The summed E-state index contributed by atoms with van der Waals surface area (Å²) in [6, 6.07) is -10.2. The van der Waals surface area contributed by atoms with E-state index >= 15 is 0 Å². The number of carbonyl (C=O) groups excluding carboxylic acids is 10. The number of rotatable bonds is 29. The Morgan fingerprint density at radius 1 is 0.691 bits per heavy atom. The van der Waals surface area contributed by atoms with Crippen molar-refractivity contribution >= 4 is 71.0 Å². The Balaban J connectivity index is 2.02. The summed E-state index contributed by atoms with van der Waals surface area (Å²) < 4.78 is 0. The number of nitrogens with two attached hydrogens (primary N) is 2. The smallest absolute Gasteiger partial charge is 0.326 e. The van der Waals surface area contributed by atoms with Crippen molar-refractivity contribution in [1.29, 1.82) is 0 Å². The third-order valence-corrected chi connectivity index (χ3v) is 10.9. The number of unbranched alkanes of at least 4 members (excludes halogenated alkanes) is 1. The Kier molecular flexibility index (Phi) is 24.3. The average Bonchev–Trinajstić information content (AvgIpc) is 3.94. The summed E-state index contributed by atoms with van der Waals surface area (Å²) in [7, 11) is 0. The Hall–Kier alpha value is -6.48. The highest BCUT2D eigenvalue weighted by Gasteiger charge is 2.37. The van der Waals surface area contributed by atoms with Crippen LogP contribution in [0.4, 0.5) is 0 Å². The largest absolute Gasteiger partial charge is 0.481 e. The highest BCUT2D eigenvalue weighted by atomic mass is 16.4. The first-order valence-corrected chi connectivity index (χ1v) is 22.4. The van der Waals surface area contributed by atoms with Gasteiger partial charge in [-0.1, -0.05) is 13.8 Å². The first-order chi connectivity index (χ1) is 31.9. The van der Waals surface area contributed by atoms with Crippen LogP contribution in [0.2, 0.25) is 0 Å². The number of nitrogens with zero attached hydrogens (tertiary/aromatic N) is 1. The fourth-order valence-electron chi connectivity index (χ4n) is 7.20. The normalized spacial score (nSPS) is 19.2. The molecule has 2 saturated heterocycles. The Bertz CT molecular complexity index is 1850. The predicted octanol–water partition coefficient (Wildman–Crippen LogP) is -6.12. The molecule has 2 rings (SSSR count). The summed E-state index contributed by atoms with van der Waals surface area (Å²) in [4.78, 5) is 154. The molecule has 68 heavy (non-hydrogen) atoms. The molecule has 1 unspecified atom stereocenters. The van der Waals surface area contributed by atoms with Crippen molar-refractivity contribution in [2.45, 2.75) is 146 Å². The number of aliphatic carboxylic acids is 2. The number of carbonyl (C=O) groups is 12. The number of hydrogen-bond acceptors (Lipinski definition) is 15. The number of carboxylic acids is 2. The molecule has 2 fully saturated rings. The highest BCUT2D eigenvalue weighted by Crippen LogP contribution is 2.18. The van der Waals surface area contributed by atoms with Gasteiger partial charge in [0.25, 0.3) is 0 Å². The van der Waals surface area contributed by atoms with Crippen molar-refractivity contribution in [1.82, 2.24) is 52.8 Å². The van der Waals surface area contributed by atoms with Crippen LogP contribution in [0.3, 0.4) is 0 Å². The summed E-state index contributed by atoms with van der Waals surface area (Å²) >= 11 is 0. The zero-order valence-electron chi connectivity index (χ0n) is 38.7. The predicted molar refractivity (Wildman–Crippen MR) is 237 cm³/mol. The van der Waals surface area contributed by atoms with Gasteiger partial charge in [-0.2, -0.15) is 0 Å². The van der Waals surface area contributed by atoms with E-state index in [1.165, 1.54) is 18.7 Å². The molecule has 10 amide bonds. The summed E-state index contributed by atoms with van der Waals surface area (Å²) in [6.45, 7) is 5.54. The minimum Gasteiger partial charge on any atom is -0.481 e. The molecule has 0 bridgehead atoms. The van der Waals surface area contributed by atoms with Crippen molar-refractivity contribution in [3.05, 3.63) is 0 Å². The van der Waals surface area contributed by atoms with E-state index in [1.807, 2.05) is 0 Å². The number of hydrogen-bond donors (Lipinski definition) is 14. The van der Waals surface area contributed by atoms with E-state index in [4.69, 9.17) is 11.5 Å². The molecule has 2 aliphatic rings. The molecule has 0 saturated carbocycles. The Morgan fingerprint density at radius 2 is 1.31 bits per heavy atom. The zero-order valence-corrected chi connectivity index (χ0v) is 38.7. The molecule has 0 aliphatic carbocycles. The van der Waals surface area contributed by atoms with Crippen molar-refractivity contribution < 1.29 is 72.9 Å². The second-order valence-corrected chi connectivity index (χ2v) is 17.2. The zero-order chi connectivity index (χ0) is 51.2. The summed E-state index contributed by atoms with van der Waals surface area (Å²) in [5.74, 6) is -11.4. The SMILES string of the molecule is CC(C)C[C@H](NC(=O)C(C)NC(=O)[C@H](CC(=O)O)NC(=O)[C@H](CCC(N)=O)NC(=O)CNC(=O)[C@@H]1C[C@@H](O)CN1)C(=O)N[C@@H](C)C(=O)NCC(=O)N1CCC[C@H]1C(=O)N[C@@H](CCCCN)C(=O)O. The molecule has 0 aromatic heterocycles. The fraction of sp³-hybridized carbons (Fsp3) is 0.707. The van der Waals surface area contributed by atoms with Crippen molar-refractivity contribution in [3.8, 4) is 0 Å². The summed E-state index contributed by atoms with van der Waals surface area (Å²) in [5.41, 5.74) is 10.7. The van der Waals surface area contributed by atoms with Gasteiger partial charge in [-0.15, -0.1) is 0 Å². The molecule has 2 aliphatic heterocycles.